The Morgan fingerprint density at radius 3 is 2.25 bits per heavy atom. The lowest BCUT2D eigenvalue weighted by molar-refractivity contribution is 0.222. The molecular weight excluding hydrogens is 294 g/mol. The lowest BCUT2D eigenvalue weighted by Gasteiger charge is -2.31. The van der Waals surface area contributed by atoms with Gasteiger partial charge in [0.05, 0.1) is 5.75 Å². The molecule has 1 heterocycles. The lowest BCUT2D eigenvalue weighted by Crippen LogP contribution is -2.47. The SMILES string of the molecule is CN1CCN(S(=O)(=O)Cc2ccc(C(N)=S)cc2)CC1. The van der Waals surface area contributed by atoms with Crippen LogP contribution in [-0.2, 0) is 15.8 Å². The molecule has 0 radical (unpaired) electrons. The molecule has 1 aromatic carbocycles. The van der Waals surface area contributed by atoms with E-state index in [9.17, 15) is 8.42 Å². The molecule has 1 fully saturated rings. The molecule has 0 atom stereocenters. The average molecular weight is 313 g/mol. The highest BCUT2D eigenvalue weighted by Crippen LogP contribution is 2.14. The standard InChI is InChI=1S/C13H19N3O2S2/c1-15-6-8-16(9-7-15)20(17,18)10-11-2-4-12(5-3-11)13(14)19/h2-5H,6-10H2,1H3,(H2,14,19). The van der Waals surface area contributed by atoms with Crippen LogP contribution in [0.4, 0.5) is 0 Å². The number of sulfonamides is 1. The van der Waals surface area contributed by atoms with Crippen molar-refractivity contribution < 1.29 is 8.42 Å². The molecule has 0 aromatic heterocycles. The summed E-state index contributed by atoms with van der Waals surface area (Å²) in [5, 5.41) is 0. The maximum absolute atomic E-state index is 12.3. The van der Waals surface area contributed by atoms with Gasteiger partial charge in [0.1, 0.15) is 4.99 Å². The van der Waals surface area contributed by atoms with Gasteiger partial charge in [0.15, 0.2) is 0 Å². The third-order valence-electron chi connectivity index (χ3n) is 3.44. The Labute approximate surface area is 125 Å². The van der Waals surface area contributed by atoms with E-state index in [1.165, 1.54) is 0 Å². The molecule has 5 nitrogen and oxygen atoms in total. The fraction of sp³-hybridized carbons (Fsp3) is 0.462. The number of hydrogen-bond acceptors (Lipinski definition) is 4. The summed E-state index contributed by atoms with van der Waals surface area (Å²) in [7, 11) is -1.25. The minimum Gasteiger partial charge on any atom is -0.389 e. The molecular formula is C13H19N3O2S2. The minimum absolute atomic E-state index is 0.0222. The Hall–Kier alpha value is -1.02. The van der Waals surface area contributed by atoms with Crippen LogP contribution in [-0.4, -0.2) is 55.8 Å². The Kier molecular flexibility index (Phi) is 4.74. The normalized spacial score (nSPS) is 18.1. The Bertz CT molecular complexity index is 576. The monoisotopic (exact) mass is 313 g/mol. The highest BCUT2D eigenvalue weighted by atomic mass is 32.2. The van der Waals surface area contributed by atoms with E-state index < -0.39 is 10.0 Å². The van der Waals surface area contributed by atoms with Crippen molar-refractivity contribution in [2.24, 2.45) is 5.73 Å². The maximum Gasteiger partial charge on any atom is 0.218 e. The van der Waals surface area contributed by atoms with Gasteiger partial charge in [-0.05, 0) is 12.6 Å². The zero-order chi connectivity index (χ0) is 14.8. The van der Waals surface area contributed by atoms with E-state index in [0.29, 0.717) is 18.1 Å². The maximum atomic E-state index is 12.3. The topological polar surface area (TPSA) is 66.6 Å². The number of hydrogen-bond donors (Lipinski definition) is 1. The summed E-state index contributed by atoms with van der Waals surface area (Å²) in [4.78, 5) is 2.45. The number of rotatable bonds is 4. The van der Waals surface area contributed by atoms with E-state index in [-0.39, 0.29) is 5.75 Å². The molecule has 2 rings (SSSR count). The van der Waals surface area contributed by atoms with Gasteiger partial charge in [0.2, 0.25) is 10.0 Å². The molecule has 1 aliphatic heterocycles. The quantitative estimate of drug-likeness (QED) is 0.815. The molecule has 20 heavy (non-hydrogen) atoms. The van der Waals surface area contributed by atoms with Crippen molar-refractivity contribution in [3.8, 4) is 0 Å². The number of nitrogens with two attached hydrogens (primary N) is 1. The number of piperazine rings is 1. The first-order valence-corrected chi connectivity index (χ1v) is 8.45. The summed E-state index contributed by atoms with van der Waals surface area (Å²) in [6, 6.07) is 7.05. The smallest absolute Gasteiger partial charge is 0.218 e. The van der Waals surface area contributed by atoms with Crippen LogP contribution >= 0.6 is 12.2 Å². The predicted octanol–water partition coefficient (Wildman–Crippen LogP) is 0.398. The zero-order valence-corrected chi connectivity index (χ0v) is 13.1. The molecule has 1 saturated heterocycles. The van der Waals surface area contributed by atoms with Gasteiger partial charge in [-0.1, -0.05) is 36.5 Å². The van der Waals surface area contributed by atoms with Gasteiger partial charge in [0, 0.05) is 31.7 Å². The summed E-state index contributed by atoms with van der Waals surface area (Å²) in [5.41, 5.74) is 7.03. The molecule has 1 aromatic rings. The zero-order valence-electron chi connectivity index (χ0n) is 11.4. The molecule has 0 aliphatic carbocycles. The third-order valence-corrected chi connectivity index (χ3v) is 5.53. The van der Waals surface area contributed by atoms with Crippen LogP contribution in [0.3, 0.4) is 0 Å². The van der Waals surface area contributed by atoms with E-state index >= 15 is 0 Å². The fourth-order valence-corrected chi connectivity index (χ4v) is 3.79. The first kappa shape index (κ1) is 15.4. The number of nitrogens with zero attached hydrogens (tertiary/aromatic N) is 2. The average Bonchev–Trinajstić information content (AvgIpc) is 2.39. The largest absolute Gasteiger partial charge is 0.389 e. The first-order chi connectivity index (χ1) is 9.38. The highest BCUT2D eigenvalue weighted by molar-refractivity contribution is 7.88. The van der Waals surface area contributed by atoms with Gasteiger partial charge in [-0.15, -0.1) is 0 Å². The summed E-state index contributed by atoms with van der Waals surface area (Å²) in [6.45, 7) is 2.67. The second kappa shape index (κ2) is 6.17. The number of thiocarbonyl (C=S) groups is 1. The van der Waals surface area contributed by atoms with E-state index in [1.54, 1.807) is 28.6 Å². The van der Waals surface area contributed by atoms with Gasteiger partial charge in [-0.3, -0.25) is 0 Å². The predicted molar refractivity (Wildman–Crippen MR) is 84.0 cm³/mol. The van der Waals surface area contributed by atoms with Gasteiger partial charge in [-0.2, -0.15) is 4.31 Å². The third kappa shape index (κ3) is 3.76. The molecule has 110 valence electrons. The molecule has 0 spiro atoms. The van der Waals surface area contributed by atoms with E-state index in [4.69, 9.17) is 18.0 Å². The van der Waals surface area contributed by atoms with Crippen LogP contribution < -0.4 is 5.73 Å². The van der Waals surface area contributed by atoms with Crippen LogP contribution in [0.2, 0.25) is 0 Å². The van der Waals surface area contributed by atoms with Crippen molar-refractivity contribution in [1.29, 1.82) is 0 Å². The second-order valence-corrected chi connectivity index (χ2v) is 7.43. The molecule has 0 unspecified atom stereocenters. The fourth-order valence-electron chi connectivity index (χ4n) is 2.13. The van der Waals surface area contributed by atoms with E-state index in [0.717, 1.165) is 24.2 Å². The van der Waals surface area contributed by atoms with Crippen molar-refractivity contribution >= 4 is 27.2 Å². The summed E-state index contributed by atoms with van der Waals surface area (Å²) >= 11 is 4.88. The number of likely N-dealkylation sites (N-methyl/N-ethyl adjacent to an activating group) is 1. The van der Waals surface area contributed by atoms with Crippen LogP contribution in [0.15, 0.2) is 24.3 Å². The van der Waals surface area contributed by atoms with Crippen LogP contribution in [0.25, 0.3) is 0 Å². The molecule has 0 bridgehead atoms. The lowest BCUT2D eigenvalue weighted by atomic mass is 10.1. The molecule has 0 amide bonds. The first-order valence-electron chi connectivity index (χ1n) is 6.43. The van der Waals surface area contributed by atoms with Crippen molar-refractivity contribution in [3.05, 3.63) is 35.4 Å². The van der Waals surface area contributed by atoms with Gasteiger partial charge < -0.3 is 10.6 Å². The summed E-state index contributed by atoms with van der Waals surface area (Å²) in [5.74, 6) is 0.0222. The van der Waals surface area contributed by atoms with Crippen LogP contribution in [0.1, 0.15) is 11.1 Å². The van der Waals surface area contributed by atoms with Crippen molar-refractivity contribution in [2.45, 2.75) is 5.75 Å². The van der Waals surface area contributed by atoms with Gasteiger partial charge in [-0.25, -0.2) is 8.42 Å². The van der Waals surface area contributed by atoms with Gasteiger partial charge >= 0.3 is 0 Å². The van der Waals surface area contributed by atoms with Gasteiger partial charge in [0.25, 0.3) is 0 Å². The molecule has 0 saturated carbocycles. The number of benzene rings is 1. The summed E-state index contributed by atoms with van der Waals surface area (Å²) < 4.78 is 26.2. The molecule has 2 N–H and O–H groups in total. The van der Waals surface area contributed by atoms with Crippen molar-refractivity contribution in [2.75, 3.05) is 33.2 Å². The summed E-state index contributed by atoms with van der Waals surface area (Å²) in [6.07, 6.45) is 0. The molecule has 1 aliphatic rings. The van der Waals surface area contributed by atoms with Crippen molar-refractivity contribution in [3.63, 3.8) is 0 Å². The minimum atomic E-state index is -3.25. The Morgan fingerprint density at radius 1 is 1.20 bits per heavy atom. The van der Waals surface area contributed by atoms with Crippen LogP contribution in [0.5, 0.6) is 0 Å². The Balaban J connectivity index is 2.06. The van der Waals surface area contributed by atoms with E-state index in [1.807, 2.05) is 7.05 Å². The molecule has 7 heteroatoms. The second-order valence-electron chi connectivity index (χ2n) is 5.02. The van der Waals surface area contributed by atoms with Crippen molar-refractivity contribution in [1.82, 2.24) is 9.21 Å². The highest BCUT2D eigenvalue weighted by Gasteiger charge is 2.25. The van der Waals surface area contributed by atoms with E-state index in [2.05, 4.69) is 4.90 Å². The Morgan fingerprint density at radius 2 is 1.75 bits per heavy atom. The van der Waals surface area contributed by atoms with Crippen LogP contribution in [0, 0.1) is 0 Å².